The van der Waals surface area contributed by atoms with E-state index in [-0.39, 0.29) is 19.1 Å². The molecule has 0 aliphatic rings. The van der Waals surface area contributed by atoms with Crippen molar-refractivity contribution in [2.45, 2.75) is 19.1 Å². The normalized spacial score (nSPS) is 13.4. The summed E-state index contributed by atoms with van der Waals surface area (Å²) in [6.45, 7) is 2.02. The van der Waals surface area contributed by atoms with Gasteiger partial charge in [-0.2, -0.15) is 0 Å². The van der Waals surface area contributed by atoms with Crippen molar-refractivity contribution in [2.24, 2.45) is 0 Å². The average molecular weight is 283 g/mol. The van der Waals surface area contributed by atoms with Gasteiger partial charge in [0.25, 0.3) is 0 Å². The van der Waals surface area contributed by atoms with Gasteiger partial charge in [-0.1, -0.05) is 6.07 Å². The zero-order valence-electron chi connectivity index (χ0n) is 12.0. The molecule has 1 rings (SSSR count). The Hall–Kier alpha value is -1.79. The standard InChI is InChI=1S/C14H21NO5/c1-10(14(17)19-3)15-8-11(16)9-20-13-6-4-5-12(7-13)18-2/h4-7,10-11,15-16H,8-9H2,1-3H3. The van der Waals surface area contributed by atoms with Gasteiger partial charge < -0.3 is 24.6 Å². The van der Waals surface area contributed by atoms with Gasteiger partial charge in [-0.15, -0.1) is 0 Å². The molecule has 6 heteroatoms. The van der Waals surface area contributed by atoms with Crippen molar-refractivity contribution in [1.29, 1.82) is 0 Å². The quantitative estimate of drug-likeness (QED) is 0.680. The van der Waals surface area contributed by atoms with Crippen LogP contribution >= 0.6 is 0 Å². The maximum atomic E-state index is 11.2. The molecule has 0 amide bonds. The molecule has 0 saturated carbocycles. The molecule has 20 heavy (non-hydrogen) atoms. The summed E-state index contributed by atoms with van der Waals surface area (Å²) in [7, 11) is 2.90. The van der Waals surface area contributed by atoms with Gasteiger partial charge in [0.15, 0.2) is 0 Å². The van der Waals surface area contributed by atoms with Crippen molar-refractivity contribution in [3.05, 3.63) is 24.3 Å². The number of hydrogen-bond acceptors (Lipinski definition) is 6. The Labute approximate surface area is 118 Å². The van der Waals surface area contributed by atoms with Gasteiger partial charge in [0, 0.05) is 12.6 Å². The molecule has 2 unspecified atom stereocenters. The van der Waals surface area contributed by atoms with E-state index in [9.17, 15) is 9.90 Å². The van der Waals surface area contributed by atoms with E-state index in [2.05, 4.69) is 10.1 Å². The summed E-state index contributed by atoms with van der Waals surface area (Å²) >= 11 is 0. The fourth-order valence-electron chi connectivity index (χ4n) is 1.52. The number of ether oxygens (including phenoxy) is 3. The summed E-state index contributed by atoms with van der Waals surface area (Å²) in [5, 5.41) is 12.6. The van der Waals surface area contributed by atoms with E-state index in [1.807, 2.05) is 6.07 Å². The van der Waals surface area contributed by atoms with Crippen molar-refractivity contribution < 1.29 is 24.1 Å². The molecule has 2 atom stereocenters. The van der Waals surface area contributed by atoms with Gasteiger partial charge in [-0.25, -0.2) is 0 Å². The van der Waals surface area contributed by atoms with Crippen LogP contribution in [-0.4, -0.2) is 50.6 Å². The third-order valence-corrected chi connectivity index (χ3v) is 2.70. The lowest BCUT2D eigenvalue weighted by Gasteiger charge is -2.16. The van der Waals surface area contributed by atoms with Crippen molar-refractivity contribution in [1.82, 2.24) is 5.32 Å². The number of carbonyl (C=O) groups is 1. The highest BCUT2D eigenvalue weighted by Gasteiger charge is 2.14. The summed E-state index contributed by atoms with van der Waals surface area (Å²) < 4.78 is 15.1. The molecule has 0 spiro atoms. The Morgan fingerprint density at radius 2 is 2.05 bits per heavy atom. The second-order valence-corrected chi connectivity index (χ2v) is 4.30. The second-order valence-electron chi connectivity index (χ2n) is 4.30. The number of rotatable bonds is 8. The topological polar surface area (TPSA) is 77.0 Å². The predicted octanol–water partition coefficient (Wildman–Crippen LogP) is 0.586. The average Bonchev–Trinajstić information content (AvgIpc) is 2.49. The van der Waals surface area contributed by atoms with Crippen LogP contribution in [0.2, 0.25) is 0 Å². The van der Waals surface area contributed by atoms with E-state index in [0.717, 1.165) is 0 Å². The lowest BCUT2D eigenvalue weighted by atomic mass is 10.3. The molecule has 112 valence electrons. The van der Waals surface area contributed by atoms with Gasteiger partial charge >= 0.3 is 5.97 Å². The minimum atomic E-state index is -0.728. The molecular weight excluding hydrogens is 262 g/mol. The zero-order chi connectivity index (χ0) is 15.0. The highest BCUT2D eigenvalue weighted by molar-refractivity contribution is 5.75. The van der Waals surface area contributed by atoms with Gasteiger partial charge in [-0.05, 0) is 19.1 Å². The van der Waals surface area contributed by atoms with Crippen LogP contribution in [0, 0.1) is 0 Å². The molecule has 1 aromatic carbocycles. The fourth-order valence-corrected chi connectivity index (χ4v) is 1.52. The molecule has 0 radical (unpaired) electrons. The van der Waals surface area contributed by atoms with Gasteiger partial charge in [-0.3, -0.25) is 4.79 Å². The van der Waals surface area contributed by atoms with Crippen LogP contribution in [0.5, 0.6) is 11.5 Å². The third-order valence-electron chi connectivity index (χ3n) is 2.70. The van der Waals surface area contributed by atoms with E-state index in [1.165, 1.54) is 7.11 Å². The monoisotopic (exact) mass is 283 g/mol. The minimum absolute atomic E-state index is 0.119. The Kier molecular flexibility index (Phi) is 6.83. The molecule has 6 nitrogen and oxygen atoms in total. The number of carbonyl (C=O) groups excluding carboxylic acids is 1. The molecule has 2 N–H and O–H groups in total. The zero-order valence-corrected chi connectivity index (χ0v) is 12.0. The molecule has 0 aliphatic heterocycles. The summed E-state index contributed by atoms with van der Waals surface area (Å²) in [5.41, 5.74) is 0. The summed E-state index contributed by atoms with van der Waals surface area (Å²) in [5.74, 6) is 0.935. The summed E-state index contributed by atoms with van der Waals surface area (Å²) in [6, 6.07) is 6.66. The maximum absolute atomic E-state index is 11.2. The van der Waals surface area contributed by atoms with E-state index in [4.69, 9.17) is 9.47 Å². The van der Waals surface area contributed by atoms with Crippen molar-refractivity contribution in [3.8, 4) is 11.5 Å². The van der Waals surface area contributed by atoms with E-state index < -0.39 is 12.1 Å². The molecule has 0 aliphatic carbocycles. The number of esters is 1. The van der Waals surface area contributed by atoms with Crippen LogP contribution in [-0.2, 0) is 9.53 Å². The molecule has 0 fully saturated rings. The van der Waals surface area contributed by atoms with E-state index >= 15 is 0 Å². The summed E-state index contributed by atoms with van der Waals surface area (Å²) in [4.78, 5) is 11.2. The largest absolute Gasteiger partial charge is 0.497 e. The minimum Gasteiger partial charge on any atom is -0.497 e. The van der Waals surface area contributed by atoms with Gasteiger partial charge in [0.2, 0.25) is 0 Å². The Morgan fingerprint density at radius 3 is 2.70 bits per heavy atom. The fraction of sp³-hybridized carbons (Fsp3) is 0.500. The van der Waals surface area contributed by atoms with Crippen molar-refractivity contribution in [3.63, 3.8) is 0 Å². The van der Waals surface area contributed by atoms with Crippen LogP contribution in [0.15, 0.2) is 24.3 Å². The third kappa shape index (κ3) is 5.46. The Morgan fingerprint density at radius 1 is 1.35 bits per heavy atom. The number of aliphatic hydroxyl groups excluding tert-OH is 1. The van der Waals surface area contributed by atoms with Crippen molar-refractivity contribution >= 4 is 5.97 Å². The van der Waals surface area contributed by atoms with Crippen LogP contribution in [0.4, 0.5) is 0 Å². The highest BCUT2D eigenvalue weighted by atomic mass is 16.5. The first-order valence-corrected chi connectivity index (χ1v) is 6.33. The van der Waals surface area contributed by atoms with Gasteiger partial charge in [0.1, 0.15) is 30.3 Å². The molecular formula is C14H21NO5. The van der Waals surface area contributed by atoms with Crippen LogP contribution < -0.4 is 14.8 Å². The molecule has 0 saturated heterocycles. The van der Waals surface area contributed by atoms with E-state index in [1.54, 1.807) is 32.2 Å². The van der Waals surface area contributed by atoms with Crippen LogP contribution in [0.25, 0.3) is 0 Å². The second kappa shape index (κ2) is 8.39. The number of hydrogen-bond donors (Lipinski definition) is 2. The number of benzene rings is 1. The number of methoxy groups -OCH3 is 2. The first kappa shape index (κ1) is 16.3. The SMILES string of the molecule is COC(=O)C(C)NCC(O)COc1cccc(OC)c1. The molecule has 0 heterocycles. The summed E-state index contributed by atoms with van der Waals surface area (Å²) in [6.07, 6.45) is -0.728. The smallest absolute Gasteiger partial charge is 0.322 e. The maximum Gasteiger partial charge on any atom is 0.322 e. The highest BCUT2D eigenvalue weighted by Crippen LogP contribution is 2.18. The molecule has 0 bridgehead atoms. The number of nitrogens with one attached hydrogen (secondary N) is 1. The van der Waals surface area contributed by atoms with Crippen LogP contribution in [0.3, 0.4) is 0 Å². The predicted molar refractivity (Wildman–Crippen MR) is 74.0 cm³/mol. The van der Waals surface area contributed by atoms with Gasteiger partial charge in [0.05, 0.1) is 14.2 Å². The van der Waals surface area contributed by atoms with Crippen molar-refractivity contribution in [2.75, 3.05) is 27.4 Å². The lowest BCUT2D eigenvalue weighted by Crippen LogP contribution is -2.41. The molecule has 1 aromatic rings. The lowest BCUT2D eigenvalue weighted by molar-refractivity contribution is -0.142. The first-order chi connectivity index (χ1) is 9.56. The van der Waals surface area contributed by atoms with Crippen LogP contribution in [0.1, 0.15) is 6.92 Å². The molecule has 0 aromatic heterocycles. The number of aliphatic hydroxyl groups is 1. The Balaban J connectivity index is 2.32. The first-order valence-electron chi connectivity index (χ1n) is 6.33. The van der Waals surface area contributed by atoms with E-state index in [0.29, 0.717) is 11.5 Å². The Bertz CT molecular complexity index is 424.